The molecule has 0 aromatic carbocycles. The molecule has 0 aromatic rings. The number of hydrogen-bond acceptors (Lipinski definition) is 1. The molecule has 0 bridgehead atoms. The predicted octanol–water partition coefficient (Wildman–Crippen LogP) is 2.89. The molecule has 1 heteroatoms. The van der Waals surface area contributed by atoms with Crippen LogP contribution in [0.4, 0.5) is 0 Å². The van der Waals surface area contributed by atoms with E-state index >= 15 is 0 Å². The summed E-state index contributed by atoms with van der Waals surface area (Å²) < 4.78 is 5.29. The minimum absolute atomic E-state index is 0.692. The quantitative estimate of drug-likeness (QED) is 0.579. The molecule has 0 amide bonds. The van der Waals surface area contributed by atoms with Crippen molar-refractivity contribution in [3.63, 3.8) is 0 Å². The van der Waals surface area contributed by atoms with Crippen LogP contribution in [0, 0.1) is 11.8 Å². The van der Waals surface area contributed by atoms with Crippen LogP contribution in [0.15, 0.2) is 24.0 Å². The van der Waals surface area contributed by atoms with Crippen LogP contribution >= 0.6 is 0 Å². The summed E-state index contributed by atoms with van der Waals surface area (Å²) in [7, 11) is 0. The molecule has 0 radical (unpaired) electrons. The SMILES string of the molecule is CCC1C=C2C=COCC2CC1. The van der Waals surface area contributed by atoms with Crippen LogP contribution in [-0.4, -0.2) is 6.61 Å². The van der Waals surface area contributed by atoms with Crippen molar-refractivity contribution in [1.29, 1.82) is 0 Å². The first-order chi connectivity index (χ1) is 5.90. The van der Waals surface area contributed by atoms with E-state index in [4.69, 9.17) is 4.74 Å². The van der Waals surface area contributed by atoms with Crippen molar-refractivity contribution in [2.24, 2.45) is 11.8 Å². The average molecular weight is 164 g/mol. The summed E-state index contributed by atoms with van der Waals surface area (Å²) in [5.74, 6) is 1.51. The molecule has 0 fully saturated rings. The molecule has 2 atom stereocenters. The minimum Gasteiger partial charge on any atom is -0.501 e. The van der Waals surface area contributed by atoms with Gasteiger partial charge in [0.05, 0.1) is 12.9 Å². The molecule has 0 aromatic heterocycles. The Morgan fingerprint density at radius 1 is 1.50 bits per heavy atom. The topological polar surface area (TPSA) is 9.23 Å². The summed E-state index contributed by atoms with van der Waals surface area (Å²) >= 11 is 0. The Kier molecular flexibility index (Phi) is 2.20. The summed E-state index contributed by atoms with van der Waals surface area (Å²) in [5, 5.41) is 0. The smallest absolute Gasteiger partial charge is 0.0941 e. The van der Waals surface area contributed by atoms with E-state index in [0.29, 0.717) is 5.92 Å². The van der Waals surface area contributed by atoms with Gasteiger partial charge in [0.1, 0.15) is 0 Å². The summed E-state index contributed by atoms with van der Waals surface area (Å²) in [5.41, 5.74) is 1.51. The van der Waals surface area contributed by atoms with Crippen molar-refractivity contribution >= 4 is 0 Å². The van der Waals surface area contributed by atoms with Gasteiger partial charge in [-0.15, -0.1) is 0 Å². The zero-order chi connectivity index (χ0) is 8.39. The van der Waals surface area contributed by atoms with Gasteiger partial charge in [0.15, 0.2) is 0 Å². The Morgan fingerprint density at radius 2 is 2.42 bits per heavy atom. The molecule has 2 aliphatic rings. The lowest BCUT2D eigenvalue weighted by Crippen LogP contribution is -2.19. The van der Waals surface area contributed by atoms with Crippen LogP contribution in [0.3, 0.4) is 0 Å². The maximum Gasteiger partial charge on any atom is 0.0941 e. The molecule has 1 aliphatic heterocycles. The normalized spacial score (nSPS) is 33.6. The number of hydrogen-bond donors (Lipinski definition) is 0. The van der Waals surface area contributed by atoms with Crippen molar-refractivity contribution in [1.82, 2.24) is 0 Å². The fourth-order valence-corrected chi connectivity index (χ4v) is 2.07. The third kappa shape index (κ3) is 1.40. The Bertz CT molecular complexity index is 215. The first-order valence-corrected chi connectivity index (χ1v) is 4.90. The first kappa shape index (κ1) is 7.90. The van der Waals surface area contributed by atoms with Gasteiger partial charge in [-0.25, -0.2) is 0 Å². The molecular formula is C11H16O. The molecule has 66 valence electrons. The third-order valence-corrected chi connectivity index (χ3v) is 2.96. The Labute approximate surface area is 74.1 Å². The second-order valence-electron chi connectivity index (χ2n) is 3.75. The van der Waals surface area contributed by atoms with E-state index < -0.39 is 0 Å². The van der Waals surface area contributed by atoms with E-state index in [0.717, 1.165) is 12.5 Å². The Balaban J connectivity index is 2.16. The molecule has 0 saturated carbocycles. The number of rotatable bonds is 1. The van der Waals surface area contributed by atoms with Gasteiger partial charge in [-0.1, -0.05) is 13.0 Å². The summed E-state index contributed by atoms with van der Waals surface area (Å²) in [6.45, 7) is 3.17. The molecule has 0 saturated heterocycles. The van der Waals surface area contributed by atoms with E-state index in [2.05, 4.69) is 19.1 Å². The number of ether oxygens (including phenoxy) is 1. The van der Waals surface area contributed by atoms with Gasteiger partial charge in [0, 0.05) is 5.92 Å². The summed E-state index contributed by atoms with van der Waals surface area (Å²) in [4.78, 5) is 0. The van der Waals surface area contributed by atoms with Crippen molar-refractivity contribution in [2.75, 3.05) is 6.61 Å². The van der Waals surface area contributed by atoms with Crippen molar-refractivity contribution in [3.05, 3.63) is 24.0 Å². The van der Waals surface area contributed by atoms with E-state index in [9.17, 15) is 0 Å². The second-order valence-corrected chi connectivity index (χ2v) is 3.75. The van der Waals surface area contributed by atoms with Crippen LogP contribution in [0.5, 0.6) is 0 Å². The Morgan fingerprint density at radius 3 is 3.25 bits per heavy atom. The van der Waals surface area contributed by atoms with E-state index in [1.165, 1.54) is 24.8 Å². The molecule has 2 unspecified atom stereocenters. The van der Waals surface area contributed by atoms with Gasteiger partial charge in [-0.3, -0.25) is 0 Å². The molecular weight excluding hydrogens is 148 g/mol. The largest absolute Gasteiger partial charge is 0.501 e. The van der Waals surface area contributed by atoms with E-state index in [1.807, 2.05) is 6.26 Å². The van der Waals surface area contributed by atoms with Crippen LogP contribution in [0.2, 0.25) is 0 Å². The summed E-state index contributed by atoms with van der Waals surface area (Å²) in [6, 6.07) is 0. The molecule has 1 aliphatic carbocycles. The number of fused-ring (bicyclic) bond motifs is 1. The van der Waals surface area contributed by atoms with Crippen LogP contribution in [0.1, 0.15) is 26.2 Å². The zero-order valence-corrected chi connectivity index (χ0v) is 7.62. The predicted molar refractivity (Wildman–Crippen MR) is 49.7 cm³/mol. The van der Waals surface area contributed by atoms with E-state index in [1.54, 1.807) is 0 Å². The fraction of sp³-hybridized carbons (Fsp3) is 0.636. The average Bonchev–Trinajstić information content (AvgIpc) is 2.17. The van der Waals surface area contributed by atoms with Crippen molar-refractivity contribution in [3.8, 4) is 0 Å². The molecule has 0 spiro atoms. The molecule has 1 heterocycles. The van der Waals surface area contributed by atoms with Crippen molar-refractivity contribution < 1.29 is 4.74 Å². The van der Waals surface area contributed by atoms with Gasteiger partial charge >= 0.3 is 0 Å². The molecule has 0 N–H and O–H groups in total. The monoisotopic (exact) mass is 164 g/mol. The van der Waals surface area contributed by atoms with Gasteiger partial charge < -0.3 is 4.74 Å². The van der Waals surface area contributed by atoms with Gasteiger partial charge in [-0.05, 0) is 36.8 Å². The highest BCUT2D eigenvalue weighted by molar-refractivity contribution is 5.25. The fourth-order valence-electron chi connectivity index (χ4n) is 2.07. The highest BCUT2D eigenvalue weighted by Crippen LogP contribution is 2.32. The molecule has 2 rings (SSSR count). The maximum atomic E-state index is 5.29. The highest BCUT2D eigenvalue weighted by Gasteiger charge is 2.22. The minimum atomic E-state index is 0.692. The molecule has 12 heavy (non-hydrogen) atoms. The van der Waals surface area contributed by atoms with E-state index in [-0.39, 0.29) is 0 Å². The summed E-state index contributed by atoms with van der Waals surface area (Å²) in [6.07, 6.45) is 10.4. The van der Waals surface area contributed by atoms with Crippen LogP contribution in [0.25, 0.3) is 0 Å². The maximum absolute atomic E-state index is 5.29. The van der Waals surface area contributed by atoms with Gasteiger partial charge in [0.25, 0.3) is 0 Å². The highest BCUT2D eigenvalue weighted by atomic mass is 16.5. The Hall–Kier alpha value is -0.720. The van der Waals surface area contributed by atoms with Crippen LogP contribution < -0.4 is 0 Å². The zero-order valence-electron chi connectivity index (χ0n) is 7.62. The standard InChI is InChI=1S/C11H16O/c1-2-9-3-4-11-8-12-6-5-10(11)7-9/h5-7,9,11H,2-4,8H2,1H3. The second kappa shape index (κ2) is 3.34. The van der Waals surface area contributed by atoms with Crippen LogP contribution in [-0.2, 0) is 4.74 Å². The lowest BCUT2D eigenvalue weighted by atomic mass is 9.81. The van der Waals surface area contributed by atoms with Gasteiger partial charge in [0.2, 0.25) is 0 Å². The lowest BCUT2D eigenvalue weighted by Gasteiger charge is -2.28. The van der Waals surface area contributed by atoms with Crippen molar-refractivity contribution in [2.45, 2.75) is 26.2 Å². The number of allylic oxidation sites excluding steroid dienone is 2. The third-order valence-electron chi connectivity index (χ3n) is 2.96. The van der Waals surface area contributed by atoms with Gasteiger partial charge in [-0.2, -0.15) is 0 Å². The molecule has 1 nitrogen and oxygen atoms in total. The lowest BCUT2D eigenvalue weighted by molar-refractivity contribution is 0.185. The first-order valence-electron chi connectivity index (χ1n) is 4.90.